The first-order valence-corrected chi connectivity index (χ1v) is 9.36. The number of aryl methyl sites for hydroxylation is 1. The van der Waals surface area contributed by atoms with Crippen molar-refractivity contribution in [3.8, 4) is 0 Å². The fraction of sp³-hybridized carbons (Fsp3) is 0.550. The number of benzene rings is 1. The van der Waals surface area contributed by atoms with Crippen LogP contribution in [0.2, 0.25) is 0 Å². The molecule has 2 aromatic rings. The number of likely N-dealkylation sites (tertiary alicyclic amines) is 1. The Balaban J connectivity index is 0.00000261. The van der Waals surface area contributed by atoms with Gasteiger partial charge >= 0.3 is 0 Å². The molecule has 0 saturated carbocycles. The monoisotopic (exact) mass is 488 g/mol. The average molecular weight is 488 g/mol. The van der Waals surface area contributed by atoms with Crippen molar-refractivity contribution in [2.45, 2.75) is 52.2 Å². The predicted octanol–water partition coefficient (Wildman–Crippen LogP) is 4.04. The number of rotatable bonds is 4. The highest BCUT2D eigenvalue weighted by Crippen LogP contribution is 2.25. The highest BCUT2D eigenvalue weighted by atomic mass is 127. The highest BCUT2D eigenvalue weighted by Gasteiger charge is 2.21. The van der Waals surface area contributed by atoms with Gasteiger partial charge in [-0.15, -0.1) is 24.0 Å². The van der Waals surface area contributed by atoms with E-state index in [1.165, 1.54) is 12.1 Å². The largest absolute Gasteiger partial charge is 0.459 e. The zero-order valence-corrected chi connectivity index (χ0v) is 18.8. The van der Waals surface area contributed by atoms with E-state index in [0.717, 1.165) is 48.6 Å². The molecule has 1 saturated heterocycles. The fourth-order valence-corrected chi connectivity index (χ4v) is 3.52. The third-order valence-electron chi connectivity index (χ3n) is 5.24. The van der Waals surface area contributed by atoms with Crippen LogP contribution in [0.15, 0.2) is 27.6 Å². The maximum atomic E-state index is 13.4. The van der Waals surface area contributed by atoms with Crippen LogP contribution in [0.25, 0.3) is 11.0 Å². The Labute approximate surface area is 177 Å². The van der Waals surface area contributed by atoms with Crippen LogP contribution >= 0.6 is 24.0 Å². The summed E-state index contributed by atoms with van der Waals surface area (Å²) in [6.45, 7) is 9.19. The van der Waals surface area contributed by atoms with Gasteiger partial charge in [0.1, 0.15) is 17.2 Å². The van der Waals surface area contributed by atoms with Crippen molar-refractivity contribution < 1.29 is 8.81 Å². The zero-order chi connectivity index (χ0) is 18.7. The van der Waals surface area contributed by atoms with Gasteiger partial charge in [-0.05, 0) is 51.8 Å². The third-order valence-corrected chi connectivity index (χ3v) is 5.24. The normalized spacial score (nSPS) is 16.6. The van der Waals surface area contributed by atoms with Gasteiger partial charge in [0, 0.05) is 43.2 Å². The van der Waals surface area contributed by atoms with Crippen LogP contribution in [-0.2, 0) is 6.54 Å². The molecule has 1 aromatic carbocycles. The second-order valence-corrected chi connectivity index (χ2v) is 7.26. The first-order valence-electron chi connectivity index (χ1n) is 9.36. The maximum absolute atomic E-state index is 13.4. The number of halogens is 2. The summed E-state index contributed by atoms with van der Waals surface area (Å²) in [7, 11) is 1.78. The zero-order valence-electron chi connectivity index (χ0n) is 16.5. The van der Waals surface area contributed by atoms with Gasteiger partial charge in [0.05, 0.1) is 6.54 Å². The van der Waals surface area contributed by atoms with Gasteiger partial charge in [-0.1, -0.05) is 0 Å². The van der Waals surface area contributed by atoms with Crippen molar-refractivity contribution in [3.05, 3.63) is 35.3 Å². The lowest BCUT2D eigenvalue weighted by atomic mass is 10.0. The molecule has 1 aromatic heterocycles. The van der Waals surface area contributed by atoms with Crippen LogP contribution in [0.3, 0.4) is 0 Å². The molecule has 0 aliphatic carbocycles. The van der Waals surface area contributed by atoms with Crippen molar-refractivity contribution in [1.82, 2.24) is 15.5 Å². The molecule has 1 aliphatic rings. The maximum Gasteiger partial charge on any atom is 0.191 e. The van der Waals surface area contributed by atoms with Crippen LogP contribution in [0.4, 0.5) is 4.39 Å². The molecule has 0 amide bonds. The number of fused-ring (bicyclic) bond motifs is 1. The molecule has 0 spiro atoms. The summed E-state index contributed by atoms with van der Waals surface area (Å²) in [4.78, 5) is 6.83. The smallest absolute Gasteiger partial charge is 0.191 e. The molecule has 0 atom stereocenters. The second kappa shape index (κ2) is 9.73. The van der Waals surface area contributed by atoms with Gasteiger partial charge in [-0.25, -0.2) is 4.39 Å². The quantitative estimate of drug-likeness (QED) is 0.388. The highest BCUT2D eigenvalue weighted by molar-refractivity contribution is 14.0. The van der Waals surface area contributed by atoms with Crippen LogP contribution < -0.4 is 10.6 Å². The van der Waals surface area contributed by atoms with E-state index in [0.29, 0.717) is 24.2 Å². The standard InChI is InChI=1S/C20H29FN4O.HI/c1-13(2)25-9-7-16(8-10-25)24-20(22-4)23-12-19-14(3)17-11-15(21)5-6-18(17)26-19;/h5-6,11,13,16H,7-10,12H2,1-4H3,(H2,22,23,24);1H. The Morgan fingerprint density at radius 2 is 2.04 bits per heavy atom. The Morgan fingerprint density at radius 1 is 1.33 bits per heavy atom. The molecule has 7 heteroatoms. The SMILES string of the molecule is CN=C(NCc1oc2ccc(F)cc2c1C)NC1CCN(C(C)C)CC1.I. The van der Waals surface area contributed by atoms with E-state index < -0.39 is 0 Å². The van der Waals surface area contributed by atoms with E-state index in [2.05, 4.69) is 34.4 Å². The van der Waals surface area contributed by atoms with Crippen molar-refractivity contribution in [3.63, 3.8) is 0 Å². The molecular weight excluding hydrogens is 458 g/mol. The van der Waals surface area contributed by atoms with E-state index in [1.807, 2.05) is 6.92 Å². The van der Waals surface area contributed by atoms with Gasteiger partial charge < -0.3 is 20.0 Å². The van der Waals surface area contributed by atoms with E-state index in [1.54, 1.807) is 13.1 Å². The molecule has 3 rings (SSSR count). The first kappa shape index (κ1) is 21.9. The number of nitrogens with one attached hydrogen (secondary N) is 2. The lowest BCUT2D eigenvalue weighted by Crippen LogP contribution is -2.49. The lowest BCUT2D eigenvalue weighted by molar-refractivity contribution is 0.167. The predicted molar refractivity (Wildman–Crippen MR) is 119 cm³/mol. The minimum absolute atomic E-state index is 0. The Bertz CT molecular complexity index is 782. The topological polar surface area (TPSA) is 52.8 Å². The summed E-state index contributed by atoms with van der Waals surface area (Å²) < 4.78 is 19.3. The number of hydrogen-bond donors (Lipinski definition) is 2. The third kappa shape index (κ3) is 5.34. The van der Waals surface area contributed by atoms with E-state index in [-0.39, 0.29) is 29.8 Å². The van der Waals surface area contributed by atoms with E-state index >= 15 is 0 Å². The number of nitrogens with zero attached hydrogens (tertiary/aromatic N) is 2. The second-order valence-electron chi connectivity index (χ2n) is 7.26. The molecule has 0 unspecified atom stereocenters. The van der Waals surface area contributed by atoms with Crippen molar-refractivity contribution in [2.75, 3.05) is 20.1 Å². The van der Waals surface area contributed by atoms with Gasteiger partial charge in [0.15, 0.2) is 5.96 Å². The Kier molecular flexibility index (Phi) is 7.91. The van der Waals surface area contributed by atoms with E-state index in [9.17, 15) is 4.39 Å². The average Bonchev–Trinajstić information content (AvgIpc) is 2.94. The number of guanidine groups is 1. The number of furan rings is 1. The molecule has 2 heterocycles. The molecule has 5 nitrogen and oxygen atoms in total. The van der Waals surface area contributed by atoms with Crippen LogP contribution in [0, 0.1) is 12.7 Å². The van der Waals surface area contributed by atoms with E-state index in [4.69, 9.17) is 4.42 Å². The first-order chi connectivity index (χ1) is 12.5. The molecule has 1 aliphatic heterocycles. The summed E-state index contributed by atoms with van der Waals surface area (Å²) in [5.41, 5.74) is 1.68. The molecular formula is C20H30FIN4O. The van der Waals surface area contributed by atoms with Crippen LogP contribution in [0.1, 0.15) is 38.0 Å². The van der Waals surface area contributed by atoms with Crippen LogP contribution in [0.5, 0.6) is 0 Å². The van der Waals surface area contributed by atoms with Gasteiger partial charge in [0.25, 0.3) is 0 Å². The minimum atomic E-state index is -0.244. The summed E-state index contributed by atoms with van der Waals surface area (Å²) >= 11 is 0. The Morgan fingerprint density at radius 3 is 2.67 bits per heavy atom. The summed E-state index contributed by atoms with van der Waals surface area (Å²) in [6.07, 6.45) is 2.23. The van der Waals surface area contributed by atoms with Gasteiger partial charge in [-0.2, -0.15) is 0 Å². The van der Waals surface area contributed by atoms with Gasteiger partial charge in [0.2, 0.25) is 0 Å². The molecule has 2 N–H and O–H groups in total. The van der Waals surface area contributed by atoms with Crippen molar-refractivity contribution in [1.29, 1.82) is 0 Å². The van der Waals surface area contributed by atoms with Crippen molar-refractivity contribution in [2.24, 2.45) is 4.99 Å². The molecule has 1 fully saturated rings. The number of aliphatic imine (C=N–C) groups is 1. The molecule has 0 bridgehead atoms. The molecule has 150 valence electrons. The minimum Gasteiger partial charge on any atom is -0.459 e. The molecule has 0 radical (unpaired) electrons. The fourth-order valence-electron chi connectivity index (χ4n) is 3.52. The lowest BCUT2D eigenvalue weighted by Gasteiger charge is -2.35. The summed E-state index contributed by atoms with van der Waals surface area (Å²) in [6, 6.07) is 5.66. The summed E-state index contributed by atoms with van der Waals surface area (Å²) in [5.74, 6) is 1.34. The van der Waals surface area contributed by atoms with Gasteiger partial charge in [-0.3, -0.25) is 4.99 Å². The molecule has 27 heavy (non-hydrogen) atoms. The number of hydrogen-bond acceptors (Lipinski definition) is 3. The van der Waals surface area contributed by atoms with Crippen LogP contribution in [-0.4, -0.2) is 43.1 Å². The van der Waals surface area contributed by atoms with Crippen molar-refractivity contribution >= 4 is 40.9 Å². The number of piperidine rings is 1. The Hall–Kier alpha value is -1.35. The summed E-state index contributed by atoms with van der Waals surface area (Å²) in [5, 5.41) is 7.65.